The van der Waals surface area contributed by atoms with Gasteiger partial charge in [0.2, 0.25) is 11.8 Å². The zero-order valence-corrected chi connectivity index (χ0v) is 14.3. The highest BCUT2D eigenvalue weighted by Gasteiger charge is 2.16. The largest absolute Gasteiger partial charge is 0.378 e. The Labute approximate surface area is 147 Å². The highest BCUT2D eigenvalue weighted by Crippen LogP contribution is 2.03. The van der Waals surface area contributed by atoms with Crippen molar-refractivity contribution in [1.29, 1.82) is 0 Å². The fourth-order valence-electron chi connectivity index (χ4n) is 2.02. The van der Waals surface area contributed by atoms with E-state index in [0.29, 0.717) is 31.9 Å². The van der Waals surface area contributed by atoms with E-state index in [2.05, 4.69) is 20.9 Å². The van der Waals surface area contributed by atoms with Gasteiger partial charge in [-0.2, -0.15) is 0 Å². The zero-order valence-electron chi connectivity index (χ0n) is 12.6. The maximum atomic E-state index is 11.7. The van der Waals surface area contributed by atoms with Gasteiger partial charge < -0.3 is 20.7 Å². The summed E-state index contributed by atoms with van der Waals surface area (Å²) in [7, 11) is 0. The maximum absolute atomic E-state index is 11.7. The zero-order chi connectivity index (χ0) is 14.9. The van der Waals surface area contributed by atoms with Gasteiger partial charge in [0.1, 0.15) is 0 Å². The number of nitrogens with one attached hydrogen (secondary N) is 3. The summed E-state index contributed by atoms with van der Waals surface area (Å²) in [5, 5.41) is 8.66. The number of anilines is 1. The lowest BCUT2D eigenvalue weighted by Crippen LogP contribution is -2.44. The second kappa shape index (κ2) is 12.1. The fraction of sp³-hybridized carbons (Fsp3) is 0.500. The molecule has 0 saturated carbocycles. The van der Waals surface area contributed by atoms with Crippen molar-refractivity contribution < 1.29 is 14.3 Å². The predicted octanol–water partition coefficient (Wildman–Crippen LogP) is 0.748. The third-order valence-corrected chi connectivity index (χ3v) is 3.05. The van der Waals surface area contributed by atoms with Crippen LogP contribution in [0.4, 0.5) is 5.69 Å². The minimum Gasteiger partial charge on any atom is -0.378 e. The van der Waals surface area contributed by atoms with E-state index < -0.39 is 0 Å². The molecule has 1 saturated heterocycles. The number of carbonyl (C=O) groups excluding carboxylic acids is 2. The van der Waals surface area contributed by atoms with Gasteiger partial charge >= 0.3 is 0 Å². The van der Waals surface area contributed by atoms with E-state index in [1.54, 1.807) is 24.5 Å². The van der Waals surface area contributed by atoms with Crippen LogP contribution in [0.25, 0.3) is 0 Å². The fourth-order valence-corrected chi connectivity index (χ4v) is 2.02. The molecule has 1 aliphatic heterocycles. The van der Waals surface area contributed by atoms with E-state index >= 15 is 0 Å². The van der Waals surface area contributed by atoms with Crippen LogP contribution in [0.5, 0.6) is 0 Å². The minimum absolute atomic E-state index is 0. The first-order chi connectivity index (χ1) is 10.2. The first-order valence-corrected chi connectivity index (χ1v) is 7.02. The first kappa shape index (κ1) is 21.6. The van der Waals surface area contributed by atoms with Crippen molar-refractivity contribution in [3.8, 4) is 0 Å². The van der Waals surface area contributed by atoms with Crippen molar-refractivity contribution in [2.45, 2.75) is 18.9 Å². The Morgan fingerprint density at radius 3 is 2.83 bits per heavy atom. The molecule has 2 heterocycles. The molecule has 0 bridgehead atoms. The summed E-state index contributed by atoms with van der Waals surface area (Å²) >= 11 is 0. The van der Waals surface area contributed by atoms with E-state index in [0.717, 1.165) is 6.54 Å². The molecule has 1 fully saturated rings. The molecule has 130 valence electrons. The number of pyridine rings is 1. The lowest BCUT2D eigenvalue weighted by molar-refractivity contribution is -0.122. The Balaban J connectivity index is 0.00000242. The van der Waals surface area contributed by atoms with Crippen molar-refractivity contribution in [3.05, 3.63) is 24.5 Å². The monoisotopic (exact) mass is 364 g/mol. The number of rotatable bonds is 6. The molecule has 0 radical (unpaired) electrons. The molecule has 1 aromatic heterocycles. The topological polar surface area (TPSA) is 92.4 Å². The summed E-state index contributed by atoms with van der Waals surface area (Å²) in [6.07, 6.45) is 3.81. The number of ether oxygens (including phenoxy) is 1. The molecular weight excluding hydrogens is 343 g/mol. The summed E-state index contributed by atoms with van der Waals surface area (Å²) < 4.78 is 5.28. The summed E-state index contributed by atoms with van der Waals surface area (Å²) in [4.78, 5) is 27.3. The summed E-state index contributed by atoms with van der Waals surface area (Å²) in [6.45, 7) is 2.32. The molecule has 1 unspecified atom stereocenters. The Bertz CT molecular complexity index is 470. The molecule has 0 spiro atoms. The Kier molecular flexibility index (Phi) is 11.3. The Morgan fingerprint density at radius 1 is 1.35 bits per heavy atom. The Hall–Kier alpha value is -1.41. The molecule has 2 rings (SSSR count). The lowest BCUT2D eigenvalue weighted by atomic mass is 10.2. The van der Waals surface area contributed by atoms with Gasteiger partial charge in [0.15, 0.2) is 0 Å². The Morgan fingerprint density at radius 2 is 2.17 bits per heavy atom. The van der Waals surface area contributed by atoms with Crippen molar-refractivity contribution in [2.75, 3.05) is 31.6 Å². The average Bonchev–Trinajstić information content (AvgIpc) is 2.49. The molecular formula is C14H22Cl2N4O3. The number of halogens is 2. The molecule has 9 heteroatoms. The second-order valence-electron chi connectivity index (χ2n) is 4.82. The van der Waals surface area contributed by atoms with Crippen molar-refractivity contribution in [1.82, 2.24) is 15.6 Å². The van der Waals surface area contributed by atoms with Gasteiger partial charge in [-0.25, -0.2) is 0 Å². The third kappa shape index (κ3) is 8.71. The van der Waals surface area contributed by atoms with Gasteiger partial charge in [-0.05, 0) is 12.1 Å². The number of carbonyl (C=O) groups is 2. The predicted molar refractivity (Wildman–Crippen MR) is 92.2 cm³/mol. The van der Waals surface area contributed by atoms with E-state index in [1.807, 2.05) is 0 Å². The van der Waals surface area contributed by atoms with Crippen molar-refractivity contribution in [3.63, 3.8) is 0 Å². The maximum Gasteiger partial charge on any atom is 0.226 e. The standard InChI is InChI=1S/C14H20N4O3.2ClH/c19-13(18-11-2-1-4-15-9-11)3-5-17-14(20)8-12-10-21-7-6-16-12;;/h1-2,4,9,12,16H,3,5-8,10H2,(H,17,20)(H,18,19);2*1H. The number of hydrogen-bond donors (Lipinski definition) is 3. The molecule has 23 heavy (non-hydrogen) atoms. The van der Waals surface area contributed by atoms with Crippen LogP contribution in [0.15, 0.2) is 24.5 Å². The third-order valence-electron chi connectivity index (χ3n) is 3.05. The normalized spacial score (nSPS) is 16.4. The second-order valence-corrected chi connectivity index (χ2v) is 4.82. The van der Waals surface area contributed by atoms with E-state index in [9.17, 15) is 9.59 Å². The van der Waals surface area contributed by atoms with Gasteiger partial charge in [-0.15, -0.1) is 24.8 Å². The van der Waals surface area contributed by atoms with Gasteiger partial charge in [0, 0.05) is 38.2 Å². The van der Waals surface area contributed by atoms with Gasteiger partial charge in [0.05, 0.1) is 25.1 Å². The van der Waals surface area contributed by atoms with Crippen LogP contribution in [0.1, 0.15) is 12.8 Å². The van der Waals surface area contributed by atoms with Crippen LogP contribution >= 0.6 is 24.8 Å². The SMILES string of the molecule is Cl.Cl.O=C(CC1COCCN1)NCCC(=O)Nc1cccnc1. The molecule has 0 aromatic carbocycles. The van der Waals surface area contributed by atoms with Crippen LogP contribution in [-0.4, -0.2) is 49.1 Å². The molecule has 1 atom stereocenters. The summed E-state index contributed by atoms with van der Waals surface area (Å²) in [5.41, 5.74) is 0.650. The molecule has 2 amide bonds. The number of nitrogens with zero attached hydrogens (tertiary/aromatic N) is 1. The van der Waals surface area contributed by atoms with Crippen molar-refractivity contribution in [2.24, 2.45) is 0 Å². The van der Waals surface area contributed by atoms with Crippen molar-refractivity contribution >= 4 is 42.3 Å². The number of aromatic nitrogens is 1. The molecule has 0 aliphatic carbocycles. The van der Waals surface area contributed by atoms with Gasteiger partial charge in [0.25, 0.3) is 0 Å². The average molecular weight is 365 g/mol. The smallest absolute Gasteiger partial charge is 0.226 e. The van der Waals surface area contributed by atoms with Crippen LogP contribution in [0, 0.1) is 0 Å². The molecule has 1 aromatic rings. The van der Waals surface area contributed by atoms with Crippen LogP contribution in [0.2, 0.25) is 0 Å². The number of morpholine rings is 1. The number of hydrogen-bond acceptors (Lipinski definition) is 5. The van der Waals surface area contributed by atoms with Gasteiger partial charge in [-0.1, -0.05) is 0 Å². The molecule has 1 aliphatic rings. The summed E-state index contributed by atoms with van der Waals surface area (Å²) in [5.74, 6) is -0.227. The van der Waals surface area contributed by atoms with Gasteiger partial charge in [-0.3, -0.25) is 14.6 Å². The minimum atomic E-state index is -0.151. The lowest BCUT2D eigenvalue weighted by Gasteiger charge is -2.23. The van der Waals surface area contributed by atoms with E-state index in [4.69, 9.17) is 4.74 Å². The quantitative estimate of drug-likeness (QED) is 0.692. The van der Waals surface area contributed by atoms with Crippen LogP contribution < -0.4 is 16.0 Å². The van der Waals surface area contributed by atoms with E-state index in [-0.39, 0.29) is 49.1 Å². The van der Waals surface area contributed by atoms with E-state index in [1.165, 1.54) is 0 Å². The molecule has 3 N–H and O–H groups in total. The first-order valence-electron chi connectivity index (χ1n) is 7.02. The van der Waals surface area contributed by atoms with Crippen LogP contribution in [-0.2, 0) is 14.3 Å². The molecule has 7 nitrogen and oxygen atoms in total. The van der Waals surface area contributed by atoms with Crippen LogP contribution in [0.3, 0.4) is 0 Å². The highest BCUT2D eigenvalue weighted by molar-refractivity contribution is 5.90. The number of amides is 2. The summed E-state index contributed by atoms with van der Waals surface area (Å²) in [6, 6.07) is 3.57. The highest BCUT2D eigenvalue weighted by atomic mass is 35.5.